The summed E-state index contributed by atoms with van der Waals surface area (Å²) in [6, 6.07) is 7.15. The number of rotatable bonds is 6. The van der Waals surface area contributed by atoms with Crippen LogP contribution in [0.15, 0.2) is 29.6 Å². The number of ether oxygens (including phenoxy) is 1. The van der Waals surface area contributed by atoms with Crippen LogP contribution in [0.1, 0.15) is 54.6 Å². The first-order chi connectivity index (χ1) is 13.1. The van der Waals surface area contributed by atoms with Gasteiger partial charge in [-0.2, -0.15) is 0 Å². The smallest absolute Gasteiger partial charge is 0.257 e. The predicted molar refractivity (Wildman–Crippen MR) is 106 cm³/mol. The van der Waals surface area contributed by atoms with Crippen LogP contribution in [0.5, 0.6) is 5.75 Å². The van der Waals surface area contributed by atoms with Gasteiger partial charge in [0.25, 0.3) is 5.91 Å². The molecule has 1 aliphatic carbocycles. The Bertz CT molecular complexity index is 765. The molecule has 2 aromatic rings. The van der Waals surface area contributed by atoms with E-state index in [0.29, 0.717) is 22.1 Å². The highest BCUT2D eigenvalue weighted by Gasteiger charge is 2.16. The van der Waals surface area contributed by atoms with E-state index in [-0.39, 0.29) is 24.3 Å². The number of methoxy groups -OCH3 is 1. The Kier molecular flexibility index (Phi) is 6.81. The van der Waals surface area contributed by atoms with Gasteiger partial charge in [0.15, 0.2) is 5.13 Å². The van der Waals surface area contributed by atoms with E-state index >= 15 is 0 Å². The van der Waals surface area contributed by atoms with Crippen LogP contribution in [0.2, 0.25) is 0 Å². The topological polar surface area (TPSA) is 80.3 Å². The minimum atomic E-state index is -0.235. The van der Waals surface area contributed by atoms with Gasteiger partial charge >= 0.3 is 0 Å². The minimum absolute atomic E-state index is 0.000214. The molecule has 1 aromatic heterocycles. The van der Waals surface area contributed by atoms with E-state index < -0.39 is 0 Å². The Hall–Kier alpha value is -2.41. The number of thiazole rings is 1. The molecule has 1 heterocycles. The number of amides is 2. The lowest BCUT2D eigenvalue weighted by atomic mass is 10.1. The average Bonchev–Trinajstić information content (AvgIpc) is 2.94. The summed E-state index contributed by atoms with van der Waals surface area (Å²) in [5.74, 6) is 0.462. The van der Waals surface area contributed by atoms with E-state index in [4.69, 9.17) is 4.74 Å². The molecular formula is C20H25N3O3S. The van der Waals surface area contributed by atoms with E-state index in [0.717, 1.165) is 12.8 Å². The van der Waals surface area contributed by atoms with Gasteiger partial charge in [0.1, 0.15) is 5.75 Å². The third-order valence-corrected chi connectivity index (χ3v) is 5.49. The van der Waals surface area contributed by atoms with E-state index in [1.54, 1.807) is 31.4 Å². The highest BCUT2D eigenvalue weighted by Crippen LogP contribution is 2.19. The fourth-order valence-electron chi connectivity index (χ4n) is 3.22. The van der Waals surface area contributed by atoms with Gasteiger partial charge in [-0.1, -0.05) is 25.7 Å². The summed E-state index contributed by atoms with van der Waals surface area (Å²) in [6.45, 7) is 0. The van der Waals surface area contributed by atoms with E-state index in [1.807, 2.05) is 5.38 Å². The van der Waals surface area contributed by atoms with Gasteiger partial charge in [-0.05, 0) is 37.1 Å². The maximum Gasteiger partial charge on any atom is 0.257 e. The fourth-order valence-corrected chi connectivity index (χ4v) is 3.93. The third-order valence-electron chi connectivity index (χ3n) is 4.69. The molecule has 1 fully saturated rings. The van der Waals surface area contributed by atoms with Crippen molar-refractivity contribution < 1.29 is 14.3 Å². The van der Waals surface area contributed by atoms with Gasteiger partial charge in [0.2, 0.25) is 5.91 Å². The molecule has 2 N–H and O–H groups in total. The van der Waals surface area contributed by atoms with E-state index in [9.17, 15) is 9.59 Å². The molecule has 0 radical (unpaired) electrons. The Morgan fingerprint density at radius 1 is 1.15 bits per heavy atom. The number of hydrogen-bond acceptors (Lipinski definition) is 5. The van der Waals surface area contributed by atoms with Crippen LogP contribution >= 0.6 is 11.3 Å². The number of carbonyl (C=O) groups is 2. The maximum absolute atomic E-state index is 12.3. The van der Waals surface area contributed by atoms with Gasteiger partial charge < -0.3 is 10.1 Å². The normalized spacial score (nSPS) is 15.0. The second kappa shape index (κ2) is 9.50. The molecule has 27 heavy (non-hydrogen) atoms. The summed E-state index contributed by atoms with van der Waals surface area (Å²) in [5.41, 5.74) is 1.20. The molecule has 0 unspecified atom stereocenters. The molecule has 0 saturated heterocycles. The molecule has 1 saturated carbocycles. The van der Waals surface area contributed by atoms with Crippen molar-refractivity contribution in [2.45, 2.75) is 51.0 Å². The quantitative estimate of drug-likeness (QED) is 0.739. The molecule has 1 aromatic carbocycles. The van der Waals surface area contributed by atoms with Crippen molar-refractivity contribution in [3.63, 3.8) is 0 Å². The molecule has 2 amide bonds. The Morgan fingerprint density at radius 2 is 1.85 bits per heavy atom. The number of nitrogens with one attached hydrogen (secondary N) is 2. The third kappa shape index (κ3) is 5.79. The van der Waals surface area contributed by atoms with Crippen molar-refractivity contribution in [1.29, 1.82) is 0 Å². The predicted octanol–water partition coefficient (Wildman–Crippen LogP) is 3.79. The van der Waals surface area contributed by atoms with Crippen LogP contribution in [-0.2, 0) is 11.2 Å². The molecule has 7 heteroatoms. The first-order valence-electron chi connectivity index (χ1n) is 9.33. The summed E-state index contributed by atoms with van der Waals surface area (Å²) in [5, 5.41) is 8.20. The van der Waals surface area contributed by atoms with Crippen molar-refractivity contribution in [3.05, 3.63) is 40.9 Å². The van der Waals surface area contributed by atoms with Crippen molar-refractivity contribution in [2.75, 3.05) is 12.4 Å². The second-order valence-corrected chi connectivity index (χ2v) is 7.62. The Morgan fingerprint density at radius 3 is 2.52 bits per heavy atom. The highest BCUT2D eigenvalue weighted by atomic mass is 32.1. The van der Waals surface area contributed by atoms with Crippen LogP contribution in [0.25, 0.3) is 0 Å². The number of benzene rings is 1. The van der Waals surface area contributed by atoms with Crippen LogP contribution in [0.4, 0.5) is 5.13 Å². The van der Waals surface area contributed by atoms with Crippen LogP contribution in [0, 0.1) is 0 Å². The summed E-state index contributed by atoms with van der Waals surface area (Å²) < 4.78 is 5.09. The van der Waals surface area contributed by atoms with Gasteiger partial charge in [0.05, 0.1) is 19.2 Å². The zero-order valence-corrected chi connectivity index (χ0v) is 16.3. The number of aromatic nitrogens is 1. The molecular weight excluding hydrogens is 362 g/mol. The lowest BCUT2D eigenvalue weighted by Crippen LogP contribution is -2.35. The molecule has 0 aliphatic heterocycles. The molecule has 3 rings (SSSR count). The van der Waals surface area contributed by atoms with Crippen LogP contribution < -0.4 is 15.4 Å². The standard InChI is InChI=1S/C20H25N3O3S/c1-26-17-10-8-14(9-11-17)19(25)23-20-22-16(13-27-20)12-18(24)21-15-6-4-2-3-5-7-15/h8-11,13,15H,2-7,12H2,1H3,(H,21,24)(H,22,23,25). The molecule has 6 nitrogen and oxygen atoms in total. The number of carbonyl (C=O) groups excluding carboxylic acids is 2. The first kappa shape index (κ1) is 19.4. The van der Waals surface area contributed by atoms with Gasteiger partial charge in [-0.25, -0.2) is 4.98 Å². The number of anilines is 1. The monoisotopic (exact) mass is 387 g/mol. The summed E-state index contributed by atoms with van der Waals surface area (Å²) in [6.07, 6.45) is 7.25. The van der Waals surface area contributed by atoms with Gasteiger partial charge in [-0.15, -0.1) is 11.3 Å². The molecule has 1 aliphatic rings. The SMILES string of the molecule is COc1ccc(C(=O)Nc2nc(CC(=O)NC3CCCCCC3)cs2)cc1. The maximum atomic E-state index is 12.3. The van der Waals surface area contributed by atoms with Gasteiger partial charge in [-0.3, -0.25) is 14.9 Å². The average molecular weight is 388 g/mol. The largest absolute Gasteiger partial charge is 0.497 e. The second-order valence-electron chi connectivity index (χ2n) is 6.76. The summed E-state index contributed by atoms with van der Waals surface area (Å²) in [7, 11) is 1.58. The van der Waals surface area contributed by atoms with Crippen molar-refractivity contribution >= 4 is 28.3 Å². The molecule has 0 spiro atoms. The minimum Gasteiger partial charge on any atom is -0.497 e. The highest BCUT2D eigenvalue weighted by molar-refractivity contribution is 7.14. The Balaban J connectivity index is 1.51. The molecule has 144 valence electrons. The lowest BCUT2D eigenvalue weighted by Gasteiger charge is -2.15. The number of nitrogens with zero attached hydrogens (tertiary/aromatic N) is 1. The zero-order chi connectivity index (χ0) is 19.1. The summed E-state index contributed by atoms with van der Waals surface area (Å²) in [4.78, 5) is 28.9. The van der Waals surface area contributed by atoms with E-state index in [2.05, 4.69) is 15.6 Å². The number of hydrogen-bond donors (Lipinski definition) is 2. The van der Waals surface area contributed by atoms with Crippen molar-refractivity contribution in [3.8, 4) is 5.75 Å². The van der Waals surface area contributed by atoms with Gasteiger partial charge in [0, 0.05) is 17.0 Å². The molecule has 0 bridgehead atoms. The molecule has 0 atom stereocenters. The van der Waals surface area contributed by atoms with Crippen molar-refractivity contribution in [1.82, 2.24) is 10.3 Å². The van der Waals surface area contributed by atoms with Crippen LogP contribution in [0.3, 0.4) is 0 Å². The summed E-state index contributed by atoms with van der Waals surface area (Å²) >= 11 is 1.32. The fraction of sp³-hybridized carbons (Fsp3) is 0.450. The Labute approximate surface area is 163 Å². The lowest BCUT2D eigenvalue weighted by molar-refractivity contribution is -0.121. The first-order valence-corrected chi connectivity index (χ1v) is 10.2. The zero-order valence-electron chi connectivity index (χ0n) is 15.5. The van der Waals surface area contributed by atoms with Crippen LogP contribution in [-0.4, -0.2) is 29.9 Å². The van der Waals surface area contributed by atoms with Crippen molar-refractivity contribution in [2.24, 2.45) is 0 Å². The van der Waals surface area contributed by atoms with E-state index in [1.165, 1.54) is 37.0 Å².